The topological polar surface area (TPSA) is 118 Å². The summed E-state index contributed by atoms with van der Waals surface area (Å²) in [5.74, 6) is -0.640. The van der Waals surface area contributed by atoms with Crippen molar-refractivity contribution < 1.29 is 28.9 Å². The predicted octanol–water partition coefficient (Wildman–Crippen LogP) is 2.96. The van der Waals surface area contributed by atoms with Crippen molar-refractivity contribution >= 4 is 23.6 Å². The second kappa shape index (κ2) is 9.09. The third-order valence-corrected chi connectivity index (χ3v) is 3.77. The number of anilines is 1. The number of carboxylic acid groups (broad SMARTS) is 1. The molecule has 0 aliphatic carbocycles. The molecule has 0 fully saturated rings. The van der Waals surface area contributed by atoms with Gasteiger partial charge in [-0.25, -0.2) is 4.79 Å². The van der Waals surface area contributed by atoms with Crippen LogP contribution in [-0.4, -0.2) is 38.3 Å². The number of nitrogens with one attached hydrogen (secondary N) is 1. The number of nitrogens with zero attached hydrogens (tertiary/aromatic N) is 1. The van der Waals surface area contributed by atoms with Crippen LogP contribution in [-0.2, 0) is 4.79 Å². The molecule has 2 rings (SSSR count). The first-order chi connectivity index (χ1) is 13.4. The zero-order valence-corrected chi connectivity index (χ0v) is 15.5. The van der Waals surface area contributed by atoms with Crippen LogP contribution in [0.2, 0.25) is 0 Å². The molecule has 0 aromatic heterocycles. The van der Waals surface area contributed by atoms with E-state index >= 15 is 0 Å². The number of hydrogen-bond donors (Lipinski definition) is 2. The summed E-state index contributed by atoms with van der Waals surface area (Å²) in [7, 11) is 4.37. The van der Waals surface area contributed by atoms with Gasteiger partial charge in [0.05, 0.1) is 32.5 Å². The SMILES string of the molecule is COc1cc(OC)c(/C=C(/C#N)C(=O)Nc2cccc(C(=O)O)c2)c(OC)c1. The average Bonchev–Trinajstić information content (AvgIpc) is 2.71. The number of benzene rings is 2. The van der Waals surface area contributed by atoms with Crippen LogP contribution in [0.4, 0.5) is 5.69 Å². The molecular weight excluding hydrogens is 364 g/mol. The maximum absolute atomic E-state index is 12.5. The minimum absolute atomic E-state index is 0.0128. The Labute approximate surface area is 161 Å². The van der Waals surface area contributed by atoms with Crippen LogP contribution < -0.4 is 19.5 Å². The largest absolute Gasteiger partial charge is 0.496 e. The summed E-state index contributed by atoms with van der Waals surface area (Å²) < 4.78 is 15.8. The third-order valence-electron chi connectivity index (χ3n) is 3.77. The molecule has 2 aromatic rings. The van der Waals surface area contributed by atoms with E-state index in [1.165, 1.54) is 51.7 Å². The molecule has 8 nitrogen and oxygen atoms in total. The van der Waals surface area contributed by atoms with E-state index in [-0.39, 0.29) is 16.8 Å². The standard InChI is InChI=1S/C20H18N2O6/c1-26-15-9-17(27-2)16(18(10-15)28-3)8-13(11-21)19(23)22-14-6-4-5-12(7-14)20(24)25/h4-10H,1-3H3,(H,22,23)(H,24,25)/b13-8-. The van der Waals surface area contributed by atoms with Crippen LogP contribution >= 0.6 is 0 Å². The first kappa shape index (κ1) is 20.3. The Morgan fingerprint density at radius 3 is 2.21 bits per heavy atom. The molecule has 144 valence electrons. The Bertz CT molecular complexity index is 950. The zero-order valence-electron chi connectivity index (χ0n) is 15.5. The van der Waals surface area contributed by atoms with E-state index in [4.69, 9.17) is 19.3 Å². The maximum atomic E-state index is 12.5. The van der Waals surface area contributed by atoms with Crippen molar-refractivity contribution in [1.82, 2.24) is 0 Å². The molecule has 28 heavy (non-hydrogen) atoms. The van der Waals surface area contributed by atoms with Crippen molar-refractivity contribution in [2.24, 2.45) is 0 Å². The maximum Gasteiger partial charge on any atom is 0.335 e. The number of methoxy groups -OCH3 is 3. The minimum atomic E-state index is -1.13. The van der Waals surface area contributed by atoms with Gasteiger partial charge in [0.25, 0.3) is 5.91 Å². The molecule has 0 bridgehead atoms. The molecule has 1 amide bonds. The Balaban J connectivity index is 2.41. The van der Waals surface area contributed by atoms with Gasteiger partial charge in [0, 0.05) is 17.8 Å². The molecule has 8 heteroatoms. The fourth-order valence-corrected chi connectivity index (χ4v) is 2.40. The fraction of sp³-hybridized carbons (Fsp3) is 0.150. The van der Waals surface area contributed by atoms with E-state index < -0.39 is 11.9 Å². The number of carboxylic acids is 1. The predicted molar refractivity (Wildman–Crippen MR) is 102 cm³/mol. The smallest absolute Gasteiger partial charge is 0.335 e. The van der Waals surface area contributed by atoms with Crippen LogP contribution in [0.5, 0.6) is 17.2 Å². The van der Waals surface area contributed by atoms with Crippen LogP contribution in [0.15, 0.2) is 42.0 Å². The van der Waals surface area contributed by atoms with E-state index in [9.17, 15) is 14.9 Å². The molecule has 0 atom stereocenters. The lowest BCUT2D eigenvalue weighted by Gasteiger charge is -2.13. The van der Waals surface area contributed by atoms with E-state index in [0.717, 1.165) is 0 Å². The van der Waals surface area contributed by atoms with Crippen LogP contribution in [0, 0.1) is 11.3 Å². The van der Waals surface area contributed by atoms with Crippen LogP contribution in [0.1, 0.15) is 15.9 Å². The first-order valence-corrected chi connectivity index (χ1v) is 8.00. The molecular formula is C20H18N2O6. The molecule has 0 saturated carbocycles. The van der Waals surface area contributed by atoms with Gasteiger partial charge < -0.3 is 24.6 Å². The molecule has 0 heterocycles. The number of ether oxygens (including phenoxy) is 3. The number of nitriles is 1. The van der Waals surface area contributed by atoms with Crippen molar-refractivity contribution in [3.05, 3.63) is 53.1 Å². The summed E-state index contributed by atoms with van der Waals surface area (Å²) in [4.78, 5) is 23.5. The summed E-state index contributed by atoms with van der Waals surface area (Å²) in [5, 5.41) is 21.0. The van der Waals surface area contributed by atoms with Gasteiger partial charge in [-0.3, -0.25) is 4.79 Å². The summed E-state index contributed by atoms with van der Waals surface area (Å²) in [5.41, 5.74) is 0.428. The number of carbonyl (C=O) groups is 2. The second-order valence-corrected chi connectivity index (χ2v) is 5.46. The van der Waals surface area contributed by atoms with Gasteiger partial charge in [-0.1, -0.05) is 6.07 Å². The molecule has 2 aromatic carbocycles. The van der Waals surface area contributed by atoms with Gasteiger partial charge in [0.1, 0.15) is 28.9 Å². The molecule has 0 unspecified atom stereocenters. The number of rotatable bonds is 7. The van der Waals surface area contributed by atoms with Crippen LogP contribution in [0.3, 0.4) is 0 Å². The number of amides is 1. The Morgan fingerprint density at radius 2 is 1.71 bits per heavy atom. The summed E-state index contributed by atoms with van der Waals surface area (Å²) >= 11 is 0. The highest BCUT2D eigenvalue weighted by molar-refractivity contribution is 6.10. The van der Waals surface area contributed by atoms with Crippen molar-refractivity contribution in [3.63, 3.8) is 0 Å². The number of hydrogen-bond acceptors (Lipinski definition) is 6. The van der Waals surface area contributed by atoms with Gasteiger partial charge in [0.15, 0.2) is 0 Å². The highest BCUT2D eigenvalue weighted by atomic mass is 16.5. The van der Waals surface area contributed by atoms with Gasteiger partial charge >= 0.3 is 5.97 Å². The zero-order chi connectivity index (χ0) is 20.7. The Kier molecular flexibility index (Phi) is 6.60. The van der Waals surface area contributed by atoms with Crippen molar-refractivity contribution in [3.8, 4) is 23.3 Å². The van der Waals surface area contributed by atoms with Gasteiger partial charge in [0.2, 0.25) is 0 Å². The molecule has 0 saturated heterocycles. The minimum Gasteiger partial charge on any atom is -0.496 e. The van der Waals surface area contributed by atoms with E-state index in [1.54, 1.807) is 12.1 Å². The quantitative estimate of drug-likeness (QED) is 0.558. The average molecular weight is 382 g/mol. The fourth-order valence-electron chi connectivity index (χ4n) is 2.40. The Morgan fingerprint density at radius 1 is 1.07 bits per heavy atom. The lowest BCUT2D eigenvalue weighted by atomic mass is 10.1. The van der Waals surface area contributed by atoms with Gasteiger partial charge in [-0.05, 0) is 24.3 Å². The Hall–Kier alpha value is -3.99. The molecule has 0 radical (unpaired) electrons. The highest BCUT2D eigenvalue weighted by Gasteiger charge is 2.16. The van der Waals surface area contributed by atoms with Gasteiger partial charge in [-0.15, -0.1) is 0 Å². The monoisotopic (exact) mass is 382 g/mol. The molecule has 0 aliphatic rings. The molecule has 0 spiro atoms. The highest BCUT2D eigenvalue weighted by Crippen LogP contribution is 2.35. The van der Waals surface area contributed by atoms with Crippen LogP contribution in [0.25, 0.3) is 6.08 Å². The summed E-state index contributed by atoms with van der Waals surface area (Å²) in [6.45, 7) is 0. The lowest BCUT2D eigenvalue weighted by molar-refractivity contribution is -0.112. The normalized spacial score (nSPS) is 10.6. The molecule has 2 N–H and O–H groups in total. The van der Waals surface area contributed by atoms with Crippen molar-refractivity contribution in [1.29, 1.82) is 5.26 Å². The lowest BCUT2D eigenvalue weighted by Crippen LogP contribution is -2.14. The van der Waals surface area contributed by atoms with Gasteiger partial charge in [-0.2, -0.15) is 5.26 Å². The first-order valence-electron chi connectivity index (χ1n) is 8.00. The van der Waals surface area contributed by atoms with E-state index in [2.05, 4.69) is 5.32 Å². The third kappa shape index (κ3) is 4.59. The van der Waals surface area contributed by atoms with E-state index in [1.807, 2.05) is 6.07 Å². The van der Waals surface area contributed by atoms with E-state index in [0.29, 0.717) is 22.8 Å². The number of aromatic carboxylic acids is 1. The molecule has 0 aliphatic heterocycles. The summed E-state index contributed by atoms with van der Waals surface area (Å²) in [6.07, 6.45) is 1.33. The van der Waals surface area contributed by atoms with Crippen molar-refractivity contribution in [2.75, 3.05) is 26.6 Å². The number of carbonyl (C=O) groups excluding carboxylic acids is 1. The second-order valence-electron chi connectivity index (χ2n) is 5.46. The summed E-state index contributed by atoms with van der Waals surface area (Å²) in [6, 6.07) is 10.7. The van der Waals surface area contributed by atoms with Crippen molar-refractivity contribution in [2.45, 2.75) is 0 Å².